The Morgan fingerprint density at radius 1 is 1.45 bits per heavy atom. The van der Waals surface area contributed by atoms with E-state index in [9.17, 15) is 4.79 Å². The molecule has 1 amide bonds. The second-order valence-corrected chi connectivity index (χ2v) is 7.42. The van der Waals surface area contributed by atoms with Gasteiger partial charge in [-0.05, 0) is 30.9 Å². The van der Waals surface area contributed by atoms with E-state index in [1.54, 1.807) is 11.3 Å². The molecule has 0 aliphatic carbocycles. The van der Waals surface area contributed by atoms with Crippen molar-refractivity contribution in [2.75, 3.05) is 18.0 Å². The quantitative estimate of drug-likeness (QED) is 0.939. The first-order valence-corrected chi connectivity index (χ1v) is 8.83. The first-order chi connectivity index (χ1) is 10.6. The Morgan fingerprint density at radius 3 is 3.05 bits per heavy atom. The second kappa shape index (κ2) is 6.65. The number of benzene rings is 1. The Balaban J connectivity index is 1.66. The number of thiazole rings is 1. The maximum atomic E-state index is 12.0. The summed E-state index contributed by atoms with van der Waals surface area (Å²) in [5.41, 5.74) is 1.06. The van der Waals surface area contributed by atoms with Crippen LogP contribution >= 0.6 is 11.3 Å². The number of aromatic nitrogens is 1. The van der Waals surface area contributed by atoms with Gasteiger partial charge in [-0.1, -0.05) is 37.3 Å². The van der Waals surface area contributed by atoms with Crippen molar-refractivity contribution in [3.8, 4) is 0 Å². The van der Waals surface area contributed by atoms with Gasteiger partial charge in [0.1, 0.15) is 0 Å². The highest BCUT2D eigenvalue weighted by Gasteiger charge is 2.23. The van der Waals surface area contributed by atoms with E-state index in [-0.39, 0.29) is 11.9 Å². The number of hydrogen-bond acceptors (Lipinski definition) is 4. The third kappa shape index (κ3) is 3.58. The maximum Gasteiger partial charge on any atom is 0.220 e. The summed E-state index contributed by atoms with van der Waals surface area (Å²) < 4.78 is 1.23. The third-order valence-electron chi connectivity index (χ3n) is 3.93. The summed E-state index contributed by atoms with van der Waals surface area (Å²) in [5, 5.41) is 4.25. The van der Waals surface area contributed by atoms with Gasteiger partial charge in [0.25, 0.3) is 0 Å². The highest BCUT2D eigenvalue weighted by molar-refractivity contribution is 7.22. The fraction of sp³-hybridized carbons (Fsp3) is 0.529. The van der Waals surface area contributed by atoms with E-state index in [0.29, 0.717) is 12.3 Å². The molecule has 2 heterocycles. The van der Waals surface area contributed by atoms with Crippen molar-refractivity contribution in [1.82, 2.24) is 10.3 Å². The predicted octanol–water partition coefficient (Wildman–Crippen LogP) is 3.43. The minimum absolute atomic E-state index is 0.172. The van der Waals surface area contributed by atoms with Crippen LogP contribution < -0.4 is 10.2 Å². The highest BCUT2D eigenvalue weighted by atomic mass is 32.1. The topological polar surface area (TPSA) is 45.2 Å². The van der Waals surface area contributed by atoms with Crippen LogP contribution in [0.4, 0.5) is 5.13 Å². The Morgan fingerprint density at radius 2 is 2.27 bits per heavy atom. The molecule has 1 atom stereocenters. The van der Waals surface area contributed by atoms with Crippen molar-refractivity contribution in [2.45, 2.75) is 39.2 Å². The normalized spacial score (nSPS) is 18.9. The van der Waals surface area contributed by atoms with Crippen molar-refractivity contribution in [2.24, 2.45) is 5.92 Å². The second-order valence-electron chi connectivity index (χ2n) is 6.41. The number of carbonyl (C=O) groups is 1. The molecule has 1 aromatic heterocycles. The fourth-order valence-electron chi connectivity index (χ4n) is 2.92. The number of piperidine rings is 1. The third-order valence-corrected chi connectivity index (χ3v) is 5.03. The van der Waals surface area contributed by atoms with Crippen LogP contribution in [0.15, 0.2) is 24.3 Å². The summed E-state index contributed by atoms with van der Waals surface area (Å²) in [4.78, 5) is 19.0. The van der Waals surface area contributed by atoms with Gasteiger partial charge in [0, 0.05) is 25.6 Å². The standard InChI is InChI=1S/C17H23N3OS/c1-12(2)10-16(21)18-13-6-5-9-20(11-13)17-19-14-7-3-4-8-15(14)22-17/h3-4,7-8,12-13H,5-6,9-11H2,1-2H3,(H,18,21)/t13-/m0/s1. The van der Waals surface area contributed by atoms with Crippen molar-refractivity contribution >= 4 is 32.6 Å². The number of hydrogen-bond donors (Lipinski definition) is 1. The Bertz CT molecular complexity index is 619. The summed E-state index contributed by atoms with van der Waals surface area (Å²) in [7, 11) is 0. The van der Waals surface area contributed by atoms with Crippen LogP contribution in [0.5, 0.6) is 0 Å². The smallest absolute Gasteiger partial charge is 0.220 e. The zero-order chi connectivity index (χ0) is 15.5. The minimum Gasteiger partial charge on any atom is -0.352 e. The SMILES string of the molecule is CC(C)CC(=O)N[C@H]1CCCN(c2nc3ccccc3s2)C1. The van der Waals surface area contributed by atoms with Crippen molar-refractivity contribution in [1.29, 1.82) is 0 Å². The number of carbonyl (C=O) groups excluding carboxylic acids is 1. The van der Waals surface area contributed by atoms with Gasteiger partial charge in [-0.2, -0.15) is 0 Å². The molecular weight excluding hydrogens is 294 g/mol. The molecule has 0 unspecified atom stereocenters. The summed E-state index contributed by atoms with van der Waals surface area (Å²) in [6, 6.07) is 8.49. The van der Waals surface area contributed by atoms with Crippen LogP contribution in [0.2, 0.25) is 0 Å². The van der Waals surface area contributed by atoms with Gasteiger partial charge in [-0.3, -0.25) is 4.79 Å². The lowest BCUT2D eigenvalue weighted by Gasteiger charge is -2.33. The first-order valence-electron chi connectivity index (χ1n) is 8.01. The molecule has 5 heteroatoms. The number of nitrogens with zero attached hydrogens (tertiary/aromatic N) is 2. The molecule has 1 aromatic carbocycles. The van der Waals surface area contributed by atoms with Gasteiger partial charge in [0.15, 0.2) is 5.13 Å². The lowest BCUT2D eigenvalue weighted by Crippen LogP contribution is -2.48. The molecule has 3 rings (SSSR count). The summed E-state index contributed by atoms with van der Waals surface area (Å²) in [6.45, 7) is 6.04. The van der Waals surface area contributed by atoms with Gasteiger partial charge in [0.05, 0.1) is 10.2 Å². The first kappa shape index (κ1) is 15.3. The molecule has 0 spiro atoms. The lowest BCUT2D eigenvalue weighted by atomic mass is 10.0. The average Bonchev–Trinajstić information content (AvgIpc) is 2.90. The zero-order valence-electron chi connectivity index (χ0n) is 13.2. The number of anilines is 1. The molecule has 1 saturated heterocycles. The summed E-state index contributed by atoms with van der Waals surface area (Å²) >= 11 is 1.74. The van der Waals surface area contributed by atoms with Crippen LogP contribution in [0.3, 0.4) is 0 Å². The Hall–Kier alpha value is -1.62. The molecule has 1 aliphatic heterocycles. The molecule has 22 heavy (non-hydrogen) atoms. The van der Waals surface area contributed by atoms with E-state index < -0.39 is 0 Å². The number of para-hydroxylation sites is 1. The van der Waals surface area contributed by atoms with E-state index in [1.807, 2.05) is 6.07 Å². The molecule has 1 N–H and O–H groups in total. The van der Waals surface area contributed by atoms with Crippen molar-refractivity contribution < 1.29 is 4.79 Å². The van der Waals surface area contributed by atoms with Crippen LogP contribution in [0.1, 0.15) is 33.1 Å². The largest absolute Gasteiger partial charge is 0.352 e. The summed E-state index contributed by atoms with van der Waals surface area (Å²) in [5.74, 6) is 0.579. The Kier molecular flexibility index (Phi) is 4.62. The van der Waals surface area contributed by atoms with Crippen LogP contribution in [-0.2, 0) is 4.79 Å². The zero-order valence-corrected chi connectivity index (χ0v) is 14.0. The van der Waals surface area contributed by atoms with E-state index >= 15 is 0 Å². The van der Waals surface area contributed by atoms with Crippen LogP contribution in [-0.4, -0.2) is 30.0 Å². The molecular formula is C17H23N3OS. The number of rotatable bonds is 4. The number of fused-ring (bicyclic) bond motifs is 1. The molecule has 2 aromatic rings. The molecule has 1 aliphatic rings. The maximum absolute atomic E-state index is 12.0. The highest BCUT2D eigenvalue weighted by Crippen LogP contribution is 2.30. The van der Waals surface area contributed by atoms with Crippen LogP contribution in [0.25, 0.3) is 10.2 Å². The number of amides is 1. The van der Waals surface area contributed by atoms with Gasteiger partial charge < -0.3 is 10.2 Å². The van der Waals surface area contributed by atoms with E-state index in [1.165, 1.54) is 4.70 Å². The molecule has 0 bridgehead atoms. The van der Waals surface area contributed by atoms with E-state index in [4.69, 9.17) is 4.98 Å². The van der Waals surface area contributed by atoms with Crippen molar-refractivity contribution in [3.05, 3.63) is 24.3 Å². The van der Waals surface area contributed by atoms with Gasteiger partial charge in [-0.15, -0.1) is 0 Å². The van der Waals surface area contributed by atoms with Gasteiger partial charge >= 0.3 is 0 Å². The van der Waals surface area contributed by atoms with Gasteiger partial charge in [-0.25, -0.2) is 4.98 Å². The van der Waals surface area contributed by atoms with E-state index in [2.05, 4.69) is 42.3 Å². The molecule has 1 fully saturated rings. The lowest BCUT2D eigenvalue weighted by molar-refractivity contribution is -0.122. The van der Waals surface area contributed by atoms with Crippen molar-refractivity contribution in [3.63, 3.8) is 0 Å². The molecule has 0 saturated carbocycles. The van der Waals surface area contributed by atoms with E-state index in [0.717, 1.165) is 36.6 Å². The Labute approximate surface area is 135 Å². The monoisotopic (exact) mass is 317 g/mol. The predicted molar refractivity (Wildman–Crippen MR) is 92.5 cm³/mol. The fourth-order valence-corrected chi connectivity index (χ4v) is 3.92. The molecule has 4 nitrogen and oxygen atoms in total. The molecule has 0 radical (unpaired) electrons. The number of nitrogens with one attached hydrogen (secondary N) is 1. The van der Waals surface area contributed by atoms with Crippen LogP contribution in [0, 0.1) is 5.92 Å². The summed E-state index contributed by atoms with van der Waals surface area (Å²) in [6.07, 6.45) is 2.77. The minimum atomic E-state index is 0.172. The molecule has 118 valence electrons. The van der Waals surface area contributed by atoms with Gasteiger partial charge in [0.2, 0.25) is 5.91 Å². The average molecular weight is 317 g/mol.